The molecule has 3 rings (SSSR count). The standard InChI is InChI=1S/C20H27N3O2S3/c1-14(18(24)21-16-7-5-3-4-6-8-16)27-20-23-22-19(28-20)26-13-15-9-11-17(25-2)12-10-15/h9-12,14,16H,3-8,13H2,1-2H3,(H,21,24). The lowest BCUT2D eigenvalue weighted by Gasteiger charge is -2.18. The van der Waals surface area contributed by atoms with E-state index in [0.29, 0.717) is 6.04 Å². The smallest absolute Gasteiger partial charge is 0.233 e. The first-order valence-electron chi connectivity index (χ1n) is 9.70. The van der Waals surface area contributed by atoms with Gasteiger partial charge in [0.1, 0.15) is 5.75 Å². The zero-order valence-corrected chi connectivity index (χ0v) is 18.8. The first-order chi connectivity index (χ1) is 13.6. The average molecular weight is 438 g/mol. The monoisotopic (exact) mass is 437 g/mol. The van der Waals surface area contributed by atoms with Crippen molar-refractivity contribution < 1.29 is 9.53 Å². The number of benzene rings is 1. The average Bonchev–Trinajstić information content (AvgIpc) is 3.00. The number of methoxy groups -OCH3 is 1. The van der Waals surface area contributed by atoms with Crippen LogP contribution in [0, 0.1) is 0 Å². The Bertz CT molecular complexity index is 743. The molecule has 1 saturated carbocycles. The third kappa shape index (κ3) is 6.67. The van der Waals surface area contributed by atoms with Gasteiger partial charge >= 0.3 is 0 Å². The van der Waals surface area contributed by atoms with Gasteiger partial charge in [-0.3, -0.25) is 4.79 Å². The highest BCUT2D eigenvalue weighted by molar-refractivity contribution is 8.03. The maximum atomic E-state index is 12.5. The van der Waals surface area contributed by atoms with Crippen molar-refractivity contribution in [1.29, 1.82) is 0 Å². The summed E-state index contributed by atoms with van der Waals surface area (Å²) in [6.07, 6.45) is 7.23. The lowest BCUT2D eigenvalue weighted by Crippen LogP contribution is -2.39. The fraction of sp³-hybridized carbons (Fsp3) is 0.550. The summed E-state index contributed by atoms with van der Waals surface area (Å²) in [5.74, 6) is 1.81. The number of thioether (sulfide) groups is 2. The third-order valence-electron chi connectivity index (χ3n) is 4.76. The molecule has 1 fully saturated rings. The molecule has 1 amide bonds. The van der Waals surface area contributed by atoms with E-state index in [4.69, 9.17) is 4.74 Å². The van der Waals surface area contributed by atoms with E-state index in [9.17, 15) is 4.79 Å². The summed E-state index contributed by atoms with van der Waals surface area (Å²) in [7, 11) is 1.67. The van der Waals surface area contributed by atoms with Crippen LogP contribution in [0.3, 0.4) is 0 Å². The molecule has 8 heteroatoms. The van der Waals surface area contributed by atoms with E-state index in [1.165, 1.54) is 43.0 Å². The number of carbonyl (C=O) groups is 1. The molecule has 1 atom stereocenters. The Morgan fingerprint density at radius 2 is 1.86 bits per heavy atom. The Kier molecular flexibility index (Phi) is 8.48. The molecule has 1 aliphatic carbocycles. The number of hydrogen-bond acceptors (Lipinski definition) is 7. The highest BCUT2D eigenvalue weighted by atomic mass is 32.2. The molecule has 1 N–H and O–H groups in total. The van der Waals surface area contributed by atoms with Crippen molar-refractivity contribution in [1.82, 2.24) is 15.5 Å². The van der Waals surface area contributed by atoms with Crippen LogP contribution in [0.5, 0.6) is 5.75 Å². The van der Waals surface area contributed by atoms with Gasteiger partial charge in [-0.2, -0.15) is 0 Å². The number of aromatic nitrogens is 2. The zero-order valence-electron chi connectivity index (χ0n) is 16.3. The van der Waals surface area contributed by atoms with Gasteiger partial charge in [-0.15, -0.1) is 10.2 Å². The predicted molar refractivity (Wildman–Crippen MR) is 117 cm³/mol. The van der Waals surface area contributed by atoms with Crippen LogP contribution < -0.4 is 10.1 Å². The summed E-state index contributed by atoms with van der Waals surface area (Å²) in [5.41, 5.74) is 1.21. The number of carbonyl (C=O) groups excluding carboxylic acids is 1. The van der Waals surface area contributed by atoms with Crippen LogP contribution in [0.4, 0.5) is 0 Å². The summed E-state index contributed by atoms with van der Waals surface area (Å²) in [4.78, 5) is 12.5. The number of amides is 1. The van der Waals surface area contributed by atoms with Crippen molar-refractivity contribution in [3.8, 4) is 5.75 Å². The van der Waals surface area contributed by atoms with Gasteiger partial charge in [-0.05, 0) is 37.5 Å². The minimum Gasteiger partial charge on any atom is -0.497 e. The highest BCUT2D eigenvalue weighted by Crippen LogP contribution is 2.33. The lowest BCUT2D eigenvalue weighted by atomic mass is 10.1. The van der Waals surface area contributed by atoms with Crippen molar-refractivity contribution in [3.05, 3.63) is 29.8 Å². The first kappa shape index (κ1) is 21.5. The van der Waals surface area contributed by atoms with Crippen LogP contribution in [-0.2, 0) is 10.5 Å². The van der Waals surface area contributed by atoms with Gasteiger partial charge in [0.25, 0.3) is 0 Å². The maximum Gasteiger partial charge on any atom is 0.233 e. The van der Waals surface area contributed by atoms with Crippen molar-refractivity contribution in [2.45, 2.75) is 71.2 Å². The molecule has 1 heterocycles. The molecule has 0 bridgehead atoms. The molecule has 0 saturated heterocycles. The van der Waals surface area contributed by atoms with Gasteiger partial charge < -0.3 is 10.1 Å². The fourth-order valence-electron chi connectivity index (χ4n) is 3.12. The summed E-state index contributed by atoms with van der Waals surface area (Å²) in [5, 5.41) is 11.6. The second-order valence-corrected chi connectivity index (χ2v) is 10.7. The lowest BCUT2D eigenvalue weighted by molar-refractivity contribution is -0.121. The summed E-state index contributed by atoms with van der Waals surface area (Å²) < 4.78 is 6.96. The maximum absolute atomic E-state index is 12.5. The molecule has 1 unspecified atom stereocenters. The van der Waals surface area contributed by atoms with E-state index < -0.39 is 0 Å². The number of ether oxygens (including phenoxy) is 1. The van der Waals surface area contributed by atoms with Gasteiger partial charge in [0.15, 0.2) is 8.68 Å². The van der Waals surface area contributed by atoms with Gasteiger partial charge in [0.2, 0.25) is 5.91 Å². The zero-order chi connectivity index (χ0) is 19.8. The van der Waals surface area contributed by atoms with E-state index in [-0.39, 0.29) is 11.2 Å². The SMILES string of the molecule is COc1ccc(CSc2nnc(SC(C)C(=O)NC3CCCCCC3)s2)cc1. The molecule has 1 aliphatic rings. The fourth-order valence-corrected chi connectivity index (χ4v) is 6.25. The van der Waals surface area contributed by atoms with Gasteiger partial charge in [0.05, 0.1) is 12.4 Å². The molecule has 0 spiro atoms. The van der Waals surface area contributed by atoms with Crippen LogP contribution in [0.15, 0.2) is 32.9 Å². The van der Waals surface area contributed by atoms with Crippen LogP contribution in [0.25, 0.3) is 0 Å². The number of rotatable bonds is 8. The van der Waals surface area contributed by atoms with Crippen LogP contribution in [0.2, 0.25) is 0 Å². The summed E-state index contributed by atoms with van der Waals surface area (Å²) >= 11 is 4.71. The van der Waals surface area contributed by atoms with E-state index in [2.05, 4.69) is 27.6 Å². The van der Waals surface area contributed by atoms with E-state index in [1.807, 2.05) is 19.1 Å². The Morgan fingerprint density at radius 1 is 1.18 bits per heavy atom. The second-order valence-electron chi connectivity index (χ2n) is 6.93. The predicted octanol–water partition coefficient (Wildman–Crippen LogP) is 5.16. The number of nitrogens with one attached hydrogen (secondary N) is 1. The molecule has 0 radical (unpaired) electrons. The quantitative estimate of drug-likeness (QED) is 0.455. The van der Waals surface area contributed by atoms with Gasteiger partial charge in [-0.25, -0.2) is 0 Å². The van der Waals surface area contributed by atoms with Crippen LogP contribution in [0.1, 0.15) is 51.0 Å². The molecular weight excluding hydrogens is 410 g/mol. The van der Waals surface area contributed by atoms with E-state index in [0.717, 1.165) is 33.0 Å². The van der Waals surface area contributed by atoms with Gasteiger partial charge in [-0.1, -0.05) is 72.7 Å². The Labute approximate surface area is 179 Å². The van der Waals surface area contributed by atoms with E-state index in [1.54, 1.807) is 30.2 Å². The molecule has 5 nitrogen and oxygen atoms in total. The highest BCUT2D eigenvalue weighted by Gasteiger charge is 2.21. The molecular formula is C20H27N3O2S3. The van der Waals surface area contributed by atoms with Crippen LogP contribution >= 0.6 is 34.9 Å². The van der Waals surface area contributed by atoms with Crippen molar-refractivity contribution >= 4 is 40.8 Å². The summed E-state index contributed by atoms with van der Waals surface area (Å²) in [6.45, 7) is 1.95. The molecule has 1 aromatic carbocycles. The Balaban J connectivity index is 1.45. The molecule has 28 heavy (non-hydrogen) atoms. The van der Waals surface area contributed by atoms with E-state index >= 15 is 0 Å². The Hall–Kier alpha value is -1.25. The normalized spacial score (nSPS) is 16.4. The number of nitrogens with zero attached hydrogens (tertiary/aromatic N) is 2. The number of hydrogen-bond donors (Lipinski definition) is 1. The summed E-state index contributed by atoms with van der Waals surface area (Å²) in [6, 6.07) is 8.38. The molecule has 0 aliphatic heterocycles. The molecule has 152 valence electrons. The van der Waals surface area contributed by atoms with Gasteiger partial charge in [0, 0.05) is 11.8 Å². The second kappa shape index (κ2) is 11.1. The molecule has 2 aromatic rings. The van der Waals surface area contributed by atoms with Crippen LogP contribution in [-0.4, -0.2) is 34.5 Å². The van der Waals surface area contributed by atoms with Crippen molar-refractivity contribution in [2.75, 3.05) is 7.11 Å². The molecule has 1 aromatic heterocycles. The third-order valence-corrected chi connectivity index (χ3v) is 8.07. The minimum absolute atomic E-state index is 0.111. The Morgan fingerprint density at radius 3 is 2.54 bits per heavy atom. The first-order valence-corrected chi connectivity index (χ1v) is 12.4. The topological polar surface area (TPSA) is 64.1 Å². The van der Waals surface area contributed by atoms with Crippen molar-refractivity contribution in [2.24, 2.45) is 0 Å². The van der Waals surface area contributed by atoms with Crippen molar-refractivity contribution in [3.63, 3.8) is 0 Å². The minimum atomic E-state index is -0.157. The largest absolute Gasteiger partial charge is 0.497 e.